The van der Waals surface area contributed by atoms with E-state index in [4.69, 9.17) is 5.26 Å². The van der Waals surface area contributed by atoms with E-state index in [0.717, 1.165) is 6.54 Å². The molecule has 0 bridgehead atoms. The van der Waals surface area contributed by atoms with Gasteiger partial charge in [-0.1, -0.05) is 0 Å². The van der Waals surface area contributed by atoms with Gasteiger partial charge in [-0.2, -0.15) is 5.26 Å². The Kier molecular flexibility index (Phi) is 4.75. The number of carbonyl (C=O) groups excluding carboxylic acids is 1. The van der Waals surface area contributed by atoms with Gasteiger partial charge < -0.3 is 4.90 Å². The summed E-state index contributed by atoms with van der Waals surface area (Å²) < 4.78 is 0. The third-order valence-electron chi connectivity index (χ3n) is 3.08. The zero-order chi connectivity index (χ0) is 12.1. The Morgan fingerprint density at radius 3 is 2.56 bits per heavy atom. The minimum atomic E-state index is 0.153. The Labute approximate surface area is 97.8 Å². The number of rotatable bonds is 6. The van der Waals surface area contributed by atoms with Crippen LogP contribution in [0.4, 0.5) is 0 Å². The number of carbonyl (C=O) groups is 1. The quantitative estimate of drug-likeness (QED) is 0.680. The topological polar surface area (TPSA) is 47.3 Å². The fraction of sp³-hybridized carbons (Fsp3) is 0.833. The standard InChI is InChI=1S/C12H21N3O/c1-10(2)14(3)12(16)9-15(8-4-7-13)11-5-6-11/h10-11H,4-6,8-9H2,1-3H3. The molecule has 0 aliphatic heterocycles. The van der Waals surface area contributed by atoms with Crippen molar-refractivity contribution in [2.45, 2.75) is 45.2 Å². The molecule has 1 rings (SSSR count). The number of hydrogen-bond donors (Lipinski definition) is 0. The lowest BCUT2D eigenvalue weighted by Gasteiger charge is -2.26. The average Bonchev–Trinajstić information content (AvgIpc) is 3.06. The van der Waals surface area contributed by atoms with E-state index in [0.29, 0.717) is 19.0 Å². The molecule has 0 unspecified atom stereocenters. The highest BCUT2D eigenvalue weighted by Crippen LogP contribution is 2.26. The average molecular weight is 223 g/mol. The normalized spacial score (nSPS) is 15.2. The first-order chi connectivity index (χ1) is 7.56. The predicted octanol–water partition coefficient (Wildman–Crippen LogP) is 1.23. The summed E-state index contributed by atoms with van der Waals surface area (Å²) in [7, 11) is 1.84. The lowest BCUT2D eigenvalue weighted by molar-refractivity contribution is -0.132. The van der Waals surface area contributed by atoms with Crippen LogP contribution < -0.4 is 0 Å². The van der Waals surface area contributed by atoms with E-state index in [1.54, 1.807) is 4.90 Å². The number of hydrogen-bond acceptors (Lipinski definition) is 3. The van der Waals surface area contributed by atoms with Gasteiger partial charge in [0.05, 0.1) is 12.6 Å². The molecular formula is C12H21N3O. The number of likely N-dealkylation sites (N-methyl/N-ethyl adjacent to an activating group) is 1. The lowest BCUT2D eigenvalue weighted by atomic mass is 10.3. The highest BCUT2D eigenvalue weighted by Gasteiger charge is 2.30. The Balaban J connectivity index is 2.42. The summed E-state index contributed by atoms with van der Waals surface area (Å²) in [6.07, 6.45) is 2.85. The molecule has 4 heteroatoms. The van der Waals surface area contributed by atoms with E-state index >= 15 is 0 Å². The van der Waals surface area contributed by atoms with Crippen LogP contribution in [-0.4, -0.2) is 47.9 Å². The maximum absolute atomic E-state index is 11.9. The van der Waals surface area contributed by atoms with Crippen LogP contribution in [0.3, 0.4) is 0 Å². The molecule has 0 heterocycles. The predicted molar refractivity (Wildman–Crippen MR) is 62.7 cm³/mol. The summed E-state index contributed by atoms with van der Waals surface area (Å²) in [4.78, 5) is 15.8. The lowest BCUT2D eigenvalue weighted by Crippen LogP contribution is -2.42. The zero-order valence-corrected chi connectivity index (χ0v) is 10.4. The van der Waals surface area contributed by atoms with Crippen molar-refractivity contribution in [1.82, 2.24) is 9.80 Å². The molecule has 0 spiro atoms. The maximum Gasteiger partial charge on any atom is 0.236 e. The third-order valence-corrected chi connectivity index (χ3v) is 3.08. The highest BCUT2D eigenvalue weighted by atomic mass is 16.2. The minimum Gasteiger partial charge on any atom is -0.342 e. The van der Waals surface area contributed by atoms with Crippen molar-refractivity contribution in [3.8, 4) is 6.07 Å². The van der Waals surface area contributed by atoms with Gasteiger partial charge in [0, 0.05) is 32.1 Å². The molecule has 4 nitrogen and oxygen atoms in total. The molecule has 0 saturated heterocycles. The van der Waals surface area contributed by atoms with Crippen molar-refractivity contribution in [2.24, 2.45) is 0 Å². The molecule has 0 aromatic heterocycles. The van der Waals surface area contributed by atoms with E-state index < -0.39 is 0 Å². The first kappa shape index (κ1) is 13.0. The van der Waals surface area contributed by atoms with Crippen molar-refractivity contribution in [2.75, 3.05) is 20.1 Å². The molecule has 1 aliphatic rings. The molecule has 0 aromatic carbocycles. The first-order valence-electron chi connectivity index (χ1n) is 5.93. The molecule has 0 atom stereocenters. The monoisotopic (exact) mass is 223 g/mol. The van der Waals surface area contributed by atoms with E-state index in [1.807, 2.05) is 20.9 Å². The molecule has 16 heavy (non-hydrogen) atoms. The van der Waals surface area contributed by atoms with Gasteiger partial charge in [0.2, 0.25) is 5.91 Å². The van der Waals surface area contributed by atoms with E-state index in [2.05, 4.69) is 11.0 Å². The second-order valence-electron chi connectivity index (χ2n) is 4.71. The Morgan fingerprint density at radius 1 is 1.50 bits per heavy atom. The Morgan fingerprint density at radius 2 is 2.12 bits per heavy atom. The Bertz CT molecular complexity index is 278. The SMILES string of the molecule is CC(C)N(C)C(=O)CN(CCC#N)C1CC1. The summed E-state index contributed by atoms with van der Waals surface area (Å²) in [5.74, 6) is 0.153. The van der Waals surface area contributed by atoms with Crippen LogP contribution in [0.15, 0.2) is 0 Å². The fourth-order valence-corrected chi connectivity index (χ4v) is 1.60. The molecule has 1 amide bonds. The van der Waals surface area contributed by atoms with Crippen molar-refractivity contribution < 1.29 is 4.79 Å². The summed E-state index contributed by atoms with van der Waals surface area (Å²) in [6, 6.07) is 2.92. The van der Waals surface area contributed by atoms with Gasteiger partial charge in [-0.15, -0.1) is 0 Å². The van der Waals surface area contributed by atoms with Crippen LogP contribution in [-0.2, 0) is 4.79 Å². The smallest absolute Gasteiger partial charge is 0.236 e. The number of nitriles is 1. The summed E-state index contributed by atoms with van der Waals surface area (Å²) in [6.45, 7) is 5.20. The van der Waals surface area contributed by atoms with Crippen LogP contribution in [0.1, 0.15) is 33.1 Å². The van der Waals surface area contributed by atoms with E-state index in [9.17, 15) is 4.79 Å². The number of nitrogens with zero attached hydrogens (tertiary/aromatic N) is 3. The second-order valence-corrected chi connectivity index (χ2v) is 4.71. The van der Waals surface area contributed by atoms with Gasteiger partial charge in [-0.25, -0.2) is 0 Å². The van der Waals surface area contributed by atoms with E-state index in [1.165, 1.54) is 12.8 Å². The van der Waals surface area contributed by atoms with Gasteiger partial charge >= 0.3 is 0 Å². The van der Waals surface area contributed by atoms with Crippen molar-refractivity contribution in [1.29, 1.82) is 5.26 Å². The first-order valence-corrected chi connectivity index (χ1v) is 5.93. The van der Waals surface area contributed by atoms with Gasteiger partial charge in [-0.3, -0.25) is 9.69 Å². The van der Waals surface area contributed by atoms with Gasteiger partial charge in [0.15, 0.2) is 0 Å². The maximum atomic E-state index is 11.9. The minimum absolute atomic E-state index is 0.153. The van der Waals surface area contributed by atoms with Gasteiger partial charge in [-0.05, 0) is 26.7 Å². The van der Waals surface area contributed by atoms with Crippen molar-refractivity contribution >= 4 is 5.91 Å². The van der Waals surface area contributed by atoms with Crippen LogP contribution in [0.25, 0.3) is 0 Å². The molecule has 1 saturated carbocycles. The van der Waals surface area contributed by atoms with Crippen molar-refractivity contribution in [3.63, 3.8) is 0 Å². The molecule has 1 fully saturated rings. The molecule has 0 aromatic rings. The summed E-state index contributed by atoms with van der Waals surface area (Å²) >= 11 is 0. The van der Waals surface area contributed by atoms with Gasteiger partial charge in [0.25, 0.3) is 0 Å². The Hall–Kier alpha value is -1.08. The highest BCUT2D eigenvalue weighted by molar-refractivity contribution is 5.78. The van der Waals surface area contributed by atoms with Crippen LogP contribution in [0.5, 0.6) is 0 Å². The summed E-state index contributed by atoms with van der Waals surface area (Å²) in [5, 5.41) is 8.58. The van der Waals surface area contributed by atoms with Crippen LogP contribution in [0, 0.1) is 11.3 Å². The third kappa shape index (κ3) is 3.82. The van der Waals surface area contributed by atoms with Crippen LogP contribution >= 0.6 is 0 Å². The van der Waals surface area contributed by atoms with E-state index in [-0.39, 0.29) is 11.9 Å². The number of amides is 1. The molecule has 1 aliphatic carbocycles. The summed E-state index contributed by atoms with van der Waals surface area (Å²) in [5.41, 5.74) is 0. The second kappa shape index (κ2) is 5.86. The molecule has 90 valence electrons. The largest absolute Gasteiger partial charge is 0.342 e. The molecular weight excluding hydrogens is 202 g/mol. The van der Waals surface area contributed by atoms with Crippen LogP contribution in [0.2, 0.25) is 0 Å². The van der Waals surface area contributed by atoms with Crippen molar-refractivity contribution in [3.05, 3.63) is 0 Å². The fourth-order valence-electron chi connectivity index (χ4n) is 1.60. The zero-order valence-electron chi connectivity index (χ0n) is 10.4. The molecule has 0 N–H and O–H groups in total. The van der Waals surface area contributed by atoms with Gasteiger partial charge in [0.1, 0.15) is 0 Å². The molecule has 0 radical (unpaired) electrons.